The van der Waals surface area contributed by atoms with E-state index < -0.39 is 5.97 Å². The summed E-state index contributed by atoms with van der Waals surface area (Å²) in [6.07, 6.45) is 1.50. The summed E-state index contributed by atoms with van der Waals surface area (Å²) in [4.78, 5) is 22.3. The molecule has 0 aliphatic heterocycles. The molecule has 1 aromatic rings. The van der Waals surface area contributed by atoms with Crippen molar-refractivity contribution in [1.29, 1.82) is 0 Å². The highest BCUT2D eigenvalue weighted by atomic mass is 35.5. The summed E-state index contributed by atoms with van der Waals surface area (Å²) in [5.41, 5.74) is 0.772. The average Bonchev–Trinajstić information content (AvgIpc) is 2.26. The molecule has 0 heterocycles. The number of methoxy groups -OCH3 is 1. The van der Waals surface area contributed by atoms with Crippen molar-refractivity contribution in [2.24, 2.45) is 0 Å². The molecule has 0 spiro atoms. The monoisotopic (exact) mass is 253 g/mol. The number of halogens is 1. The van der Waals surface area contributed by atoms with Crippen molar-refractivity contribution in [2.75, 3.05) is 7.11 Å². The zero-order valence-electron chi connectivity index (χ0n) is 9.49. The van der Waals surface area contributed by atoms with Crippen LogP contribution >= 0.6 is 11.6 Å². The molecule has 0 unspecified atom stereocenters. The Hall–Kier alpha value is -1.81. The number of benzene rings is 1. The van der Waals surface area contributed by atoms with E-state index in [4.69, 9.17) is 11.6 Å². The van der Waals surface area contributed by atoms with Crippen molar-refractivity contribution in [1.82, 2.24) is 5.32 Å². The molecule has 0 radical (unpaired) electrons. The molecule has 0 saturated heterocycles. The largest absolute Gasteiger partial charge is 0.464 e. The minimum atomic E-state index is -0.611. The second-order valence-corrected chi connectivity index (χ2v) is 3.72. The van der Waals surface area contributed by atoms with Gasteiger partial charge in [-0.2, -0.15) is 0 Å². The first kappa shape index (κ1) is 13.3. The van der Waals surface area contributed by atoms with Crippen LogP contribution in [0, 0.1) is 0 Å². The highest BCUT2D eigenvalue weighted by Gasteiger charge is 2.10. The van der Waals surface area contributed by atoms with Crippen molar-refractivity contribution in [3.8, 4) is 0 Å². The Kier molecular flexibility index (Phi) is 4.72. The van der Waals surface area contributed by atoms with Crippen LogP contribution < -0.4 is 5.32 Å². The zero-order chi connectivity index (χ0) is 12.8. The summed E-state index contributed by atoms with van der Waals surface area (Å²) in [5.74, 6) is -0.955. The van der Waals surface area contributed by atoms with Gasteiger partial charge in [-0.3, -0.25) is 4.79 Å². The predicted octanol–water partition coefficient (Wildman–Crippen LogP) is 1.99. The van der Waals surface area contributed by atoms with Gasteiger partial charge in [-0.15, -0.1) is 0 Å². The Morgan fingerprint density at radius 2 is 2.12 bits per heavy atom. The third-order valence-electron chi connectivity index (χ3n) is 1.88. The number of carbonyl (C=O) groups is 2. The molecule has 0 bridgehead atoms. The van der Waals surface area contributed by atoms with Crippen molar-refractivity contribution >= 4 is 29.6 Å². The summed E-state index contributed by atoms with van der Waals surface area (Å²) in [6, 6.07) is 6.90. The van der Waals surface area contributed by atoms with Gasteiger partial charge >= 0.3 is 5.97 Å². The van der Waals surface area contributed by atoms with E-state index >= 15 is 0 Å². The van der Waals surface area contributed by atoms with E-state index in [0.717, 1.165) is 0 Å². The molecule has 0 fully saturated rings. The van der Waals surface area contributed by atoms with Crippen LogP contribution in [0.5, 0.6) is 0 Å². The smallest absolute Gasteiger partial charge is 0.354 e. The van der Waals surface area contributed by atoms with Gasteiger partial charge in [-0.05, 0) is 23.8 Å². The molecule has 4 nitrogen and oxygen atoms in total. The normalized spacial score (nSPS) is 10.9. The number of nitrogens with one attached hydrogen (secondary N) is 1. The molecule has 1 N–H and O–H groups in total. The maximum Gasteiger partial charge on any atom is 0.354 e. The third-order valence-corrected chi connectivity index (χ3v) is 2.11. The number of ether oxygens (including phenoxy) is 1. The summed E-state index contributed by atoms with van der Waals surface area (Å²) < 4.78 is 4.56. The minimum Gasteiger partial charge on any atom is -0.464 e. The van der Waals surface area contributed by atoms with Crippen molar-refractivity contribution in [2.45, 2.75) is 6.92 Å². The molecule has 1 amide bonds. The van der Waals surface area contributed by atoms with Crippen LogP contribution in [0.2, 0.25) is 5.02 Å². The fourth-order valence-electron chi connectivity index (χ4n) is 1.21. The summed E-state index contributed by atoms with van der Waals surface area (Å²) in [5, 5.41) is 2.95. The van der Waals surface area contributed by atoms with Gasteiger partial charge in [0.1, 0.15) is 5.70 Å². The number of amides is 1. The SMILES string of the molecule is COC(=O)C(=Cc1cccc(Cl)c1)NC(C)=O. The average molecular weight is 254 g/mol. The highest BCUT2D eigenvalue weighted by molar-refractivity contribution is 6.30. The number of rotatable bonds is 3. The molecule has 0 aliphatic carbocycles. The first-order valence-electron chi connectivity index (χ1n) is 4.86. The van der Waals surface area contributed by atoms with E-state index in [1.165, 1.54) is 20.1 Å². The number of carbonyl (C=O) groups excluding carboxylic acids is 2. The standard InChI is InChI=1S/C12H12ClNO3/c1-8(15)14-11(12(16)17-2)7-9-4-3-5-10(13)6-9/h3-7H,1-2H3,(H,14,15). The molecule has 0 aromatic heterocycles. The molecule has 0 atom stereocenters. The molecule has 0 aliphatic rings. The topological polar surface area (TPSA) is 55.4 Å². The van der Waals surface area contributed by atoms with E-state index in [9.17, 15) is 9.59 Å². The van der Waals surface area contributed by atoms with Gasteiger partial charge in [-0.25, -0.2) is 4.79 Å². The van der Waals surface area contributed by atoms with Crippen molar-refractivity contribution in [3.05, 3.63) is 40.5 Å². The quantitative estimate of drug-likeness (QED) is 0.662. The Morgan fingerprint density at radius 1 is 1.41 bits per heavy atom. The molecule has 1 aromatic carbocycles. The second-order valence-electron chi connectivity index (χ2n) is 3.29. The fraction of sp³-hybridized carbons (Fsp3) is 0.167. The molecule has 90 valence electrons. The van der Waals surface area contributed by atoms with Crippen molar-refractivity contribution < 1.29 is 14.3 Å². The number of hydrogen-bond acceptors (Lipinski definition) is 3. The van der Waals surface area contributed by atoms with Crippen LogP contribution in [0.25, 0.3) is 6.08 Å². The summed E-state index contributed by atoms with van der Waals surface area (Å²) >= 11 is 5.81. The zero-order valence-corrected chi connectivity index (χ0v) is 10.2. The molecule has 17 heavy (non-hydrogen) atoms. The maximum atomic E-state index is 11.4. The lowest BCUT2D eigenvalue weighted by molar-refractivity contribution is -0.137. The van der Waals surface area contributed by atoms with E-state index in [2.05, 4.69) is 10.1 Å². The number of esters is 1. The predicted molar refractivity (Wildman–Crippen MR) is 65.3 cm³/mol. The minimum absolute atomic E-state index is 0.0715. The molecule has 0 saturated carbocycles. The van der Waals surface area contributed by atoms with Crippen LogP contribution in [0.4, 0.5) is 0 Å². The molecular formula is C12H12ClNO3. The van der Waals surface area contributed by atoms with Gasteiger partial charge in [0, 0.05) is 11.9 Å². The van der Waals surface area contributed by atoms with Gasteiger partial charge in [0.05, 0.1) is 7.11 Å². The van der Waals surface area contributed by atoms with E-state index in [1.807, 2.05) is 0 Å². The van der Waals surface area contributed by atoms with Gasteiger partial charge in [0.15, 0.2) is 0 Å². The van der Waals surface area contributed by atoms with Gasteiger partial charge in [0.25, 0.3) is 0 Å². The molecular weight excluding hydrogens is 242 g/mol. The Labute approximate surface area is 104 Å². The lowest BCUT2D eigenvalue weighted by Gasteiger charge is -2.05. The van der Waals surface area contributed by atoms with Crippen LogP contribution in [0.15, 0.2) is 30.0 Å². The van der Waals surface area contributed by atoms with E-state index in [1.54, 1.807) is 24.3 Å². The first-order chi connectivity index (χ1) is 8.02. The van der Waals surface area contributed by atoms with Crippen LogP contribution in [-0.4, -0.2) is 19.0 Å². The first-order valence-corrected chi connectivity index (χ1v) is 5.24. The Bertz CT molecular complexity index is 469. The molecule has 5 heteroatoms. The third kappa shape index (κ3) is 4.28. The summed E-state index contributed by atoms with van der Waals surface area (Å²) in [7, 11) is 1.25. The van der Waals surface area contributed by atoms with E-state index in [0.29, 0.717) is 10.6 Å². The van der Waals surface area contributed by atoms with Crippen LogP contribution in [-0.2, 0) is 14.3 Å². The van der Waals surface area contributed by atoms with E-state index in [-0.39, 0.29) is 11.6 Å². The van der Waals surface area contributed by atoms with Gasteiger partial charge in [0.2, 0.25) is 5.91 Å². The lowest BCUT2D eigenvalue weighted by atomic mass is 10.2. The van der Waals surface area contributed by atoms with Crippen LogP contribution in [0.3, 0.4) is 0 Å². The van der Waals surface area contributed by atoms with Gasteiger partial charge in [-0.1, -0.05) is 23.7 Å². The lowest BCUT2D eigenvalue weighted by Crippen LogP contribution is -2.25. The maximum absolute atomic E-state index is 11.4. The second kappa shape index (κ2) is 6.06. The highest BCUT2D eigenvalue weighted by Crippen LogP contribution is 2.13. The Morgan fingerprint density at radius 3 is 2.65 bits per heavy atom. The number of hydrogen-bond donors (Lipinski definition) is 1. The van der Waals surface area contributed by atoms with Crippen LogP contribution in [0.1, 0.15) is 12.5 Å². The van der Waals surface area contributed by atoms with Crippen molar-refractivity contribution in [3.63, 3.8) is 0 Å². The molecule has 1 rings (SSSR count). The summed E-state index contributed by atoms with van der Waals surface area (Å²) in [6.45, 7) is 1.31. The fourth-order valence-corrected chi connectivity index (χ4v) is 1.41. The van der Waals surface area contributed by atoms with Gasteiger partial charge < -0.3 is 10.1 Å². The Balaban J connectivity index is 3.04.